The Labute approximate surface area is 202 Å². The number of amides is 1. The lowest BCUT2D eigenvalue weighted by Crippen LogP contribution is -2.28. The molecule has 1 unspecified atom stereocenters. The second-order valence-corrected chi connectivity index (χ2v) is 9.99. The Morgan fingerprint density at radius 2 is 2.09 bits per heavy atom. The molecule has 1 amide bonds. The number of benzene rings is 1. The Kier molecular flexibility index (Phi) is 5.47. The minimum Gasteiger partial charge on any atom is -0.398 e. The van der Waals surface area contributed by atoms with Gasteiger partial charge in [0, 0.05) is 60.5 Å². The van der Waals surface area contributed by atoms with Crippen LogP contribution in [0.5, 0.6) is 0 Å². The van der Waals surface area contributed by atoms with Crippen LogP contribution in [0.25, 0.3) is 11.1 Å². The van der Waals surface area contributed by atoms with Crippen molar-refractivity contribution >= 4 is 34.8 Å². The molecule has 2 heterocycles. The summed E-state index contributed by atoms with van der Waals surface area (Å²) in [5.74, 6) is -0.318. The zero-order valence-corrected chi connectivity index (χ0v) is 19.8. The Morgan fingerprint density at radius 3 is 2.82 bits per heavy atom. The fourth-order valence-corrected chi connectivity index (χ4v) is 6.11. The summed E-state index contributed by atoms with van der Waals surface area (Å²) in [6.45, 7) is 0.671. The molecule has 3 aliphatic rings. The fraction of sp³-hybridized carbons (Fsp3) is 0.346. The van der Waals surface area contributed by atoms with Gasteiger partial charge >= 0.3 is 0 Å². The predicted molar refractivity (Wildman–Crippen MR) is 131 cm³/mol. The summed E-state index contributed by atoms with van der Waals surface area (Å²) in [4.78, 5) is 30.9. The number of nitrogen functional groups attached to an aromatic ring is 1. The molecule has 0 radical (unpaired) electrons. The predicted octanol–water partition coefficient (Wildman–Crippen LogP) is 4.60. The number of rotatable bonds is 3. The fourth-order valence-electron chi connectivity index (χ4n) is 5.67. The third kappa shape index (κ3) is 3.41. The maximum atomic E-state index is 15.6. The average molecular weight is 481 g/mol. The first-order chi connectivity index (χ1) is 16.2. The van der Waals surface area contributed by atoms with Crippen molar-refractivity contribution in [1.82, 2.24) is 9.88 Å². The van der Waals surface area contributed by atoms with E-state index in [1.165, 1.54) is 23.2 Å². The van der Waals surface area contributed by atoms with Gasteiger partial charge in [-0.1, -0.05) is 29.8 Å². The molecule has 34 heavy (non-hydrogen) atoms. The number of anilines is 2. The van der Waals surface area contributed by atoms with E-state index in [0.29, 0.717) is 22.9 Å². The van der Waals surface area contributed by atoms with Crippen molar-refractivity contribution in [2.24, 2.45) is 11.8 Å². The molecule has 1 aromatic heterocycles. The van der Waals surface area contributed by atoms with E-state index in [1.54, 1.807) is 26.2 Å². The van der Waals surface area contributed by atoms with Crippen molar-refractivity contribution in [3.05, 3.63) is 64.6 Å². The maximum absolute atomic E-state index is 15.6. The number of hydrogen-bond acceptors (Lipinski definition) is 5. The maximum Gasteiger partial charge on any atom is 0.258 e. The highest BCUT2D eigenvalue weighted by molar-refractivity contribution is 6.34. The lowest BCUT2D eigenvalue weighted by Gasteiger charge is -2.27. The van der Waals surface area contributed by atoms with Gasteiger partial charge in [-0.2, -0.15) is 0 Å². The highest BCUT2D eigenvalue weighted by atomic mass is 35.5. The first kappa shape index (κ1) is 22.6. The molecule has 176 valence electrons. The van der Waals surface area contributed by atoms with Gasteiger partial charge in [-0.25, -0.2) is 9.37 Å². The second-order valence-electron chi connectivity index (χ2n) is 9.61. The number of fused-ring (bicyclic) bond motifs is 2. The number of ketones is 1. The van der Waals surface area contributed by atoms with Crippen LogP contribution in [0.4, 0.5) is 15.9 Å². The summed E-state index contributed by atoms with van der Waals surface area (Å²) in [5, 5.41) is 3.79. The number of carbonyl (C=O) groups is 2. The molecule has 0 bridgehead atoms. The molecule has 1 aliphatic heterocycles. The van der Waals surface area contributed by atoms with Gasteiger partial charge in [0.05, 0.1) is 10.6 Å². The second kappa shape index (κ2) is 8.24. The number of nitrogens with zero attached hydrogens (tertiary/aromatic N) is 2. The SMILES string of the molecule is CN(C)C(=O)c1c(N)ccc(-c2cnc3c(c2Cl)[C@]2(CCC([C@H]4C=CC=CC4=O)C2)CN3)c1F. The van der Waals surface area contributed by atoms with E-state index in [9.17, 15) is 9.59 Å². The number of nitrogens with two attached hydrogens (primary N) is 1. The van der Waals surface area contributed by atoms with Gasteiger partial charge in [-0.3, -0.25) is 9.59 Å². The highest BCUT2D eigenvalue weighted by Gasteiger charge is 2.49. The first-order valence-electron chi connectivity index (χ1n) is 11.3. The molecule has 1 fully saturated rings. The monoisotopic (exact) mass is 480 g/mol. The Hall–Kier alpha value is -3.19. The molecule has 0 saturated heterocycles. The van der Waals surface area contributed by atoms with Crippen molar-refractivity contribution < 1.29 is 14.0 Å². The quantitative estimate of drug-likeness (QED) is 0.627. The normalized spacial score (nSPS) is 25.0. The summed E-state index contributed by atoms with van der Waals surface area (Å²) < 4.78 is 15.6. The van der Waals surface area contributed by atoms with Crippen LogP contribution in [-0.2, 0) is 10.2 Å². The van der Waals surface area contributed by atoms with Gasteiger partial charge in [-0.15, -0.1) is 0 Å². The molecule has 2 aromatic rings. The van der Waals surface area contributed by atoms with Gasteiger partial charge in [0.2, 0.25) is 0 Å². The van der Waals surface area contributed by atoms with Crippen LogP contribution < -0.4 is 11.1 Å². The molecule has 3 atom stereocenters. The van der Waals surface area contributed by atoms with E-state index in [1.807, 2.05) is 12.2 Å². The molecule has 8 heteroatoms. The van der Waals surface area contributed by atoms with E-state index < -0.39 is 11.7 Å². The molecule has 1 aromatic carbocycles. The number of aromatic nitrogens is 1. The van der Waals surface area contributed by atoms with Crippen LogP contribution in [0.2, 0.25) is 5.02 Å². The van der Waals surface area contributed by atoms with E-state index in [4.69, 9.17) is 17.3 Å². The number of carbonyl (C=O) groups excluding carboxylic acids is 2. The molecular formula is C26H26ClFN4O2. The number of hydrogen-bond donors (Lipinski definition) is 2. The summed E-state index contributed by atoms with van der Waals surface area (Å²) in [6.07, 6.45) is 11.4. The average Bonchev–Trinajstić information content (AvgIpc) is 3.39. The largest absolute Gasteiger partial charge is 0.398 e. The highest BCUT2D eigenvalue weighted by Crippen LogP contribution is 2.55. The van der Waals surface area contributed by atoms with Gasteiger partial charge in [0.15, 0.2) is 5.78 Å². The minimum absolute atomic E-state index is 0.0706. The number of nitrogens with one attached hydrogen (secondary N) is 1. The van der Waals surface area contributed by atoms with E-state index in [-0.39, 0.29) is 39.8 Å². The zero-order valence-electron chi connectivity index (χ0n) is 19.1. The zero-order chi connectivity index (χ0) is 24.2. The summed E-state index contributed by atoms with van der Waals surface area (Å²) in [7, 11) is 3.09. The number of pyridine rings is 1. The Bertz CT molecular complexity index is 1270. The van der Waals surface area contributed by atoms with E-state index in [2.05, 4.69) is 10.3 Å². The number of halogens is 2. The first-order valence-corrected chi connectivity index (χ1v) is 11.7. The van der Waals surface area contributed by atoms with Crippen molar-refractivity contribution in [3.63, 3.8) is 0 Å². The molecule has 2 aliphatic carbocycles. The van der Waals surface area contributed by atoms with Crippen LogP contribution >= 0.6 is 11.6 Å². The molecule has 1 saturated carbocycles. The van der Waals surface area contributed by atoms with Crippen LogP contribution in [0, 0.1) is 17.7 Å². The van der Waals surface area contributed by atoms with Crippen LogP contribution in [-0.4, -0.2) is 42.2 Å². The summed E-state index contributed by atoms with van der Waals surface area (Å²) in [6, 6.07) is 3.06. The molecular weight excluding hydrogens is 455 g/mol. The van der Waals surface area contributed by atoms with Gasteiger partial charge < -0.3 is 16.0 Å². The van der Waals surface area contributed by atoms with Gasteiger partial charge in [0.1, 0.15) is 11.6 Å². The van der Waals surface area contributed by atoms with Crippen molar-refractivity contribution in [2.45, 2.75) is 24.7 Å². The van der Waals surface area contributed by atoms with Crippen LogP contribution in [0.1, 0.15) is 35.2 Å². The lowest BCUT2D eigenvalue weighted by molar-refractivity contribution is -0.118. The van der Waals surface area contributed by atoms with Gasteiger partial charge in [-0.05, 0) is 43.4 Å². The minimum atomic E-state index is -0.712. The lowest BCUT2D eigenvalue weighted by atomic mass is 9.77. The Morgan fingerprint density at radius 1 is 1.29 bits per heavy atom. The number of allylic oxidation sites excluding steroid dienone is 4. The standard InChI is InChI=1S/C26H26ClFN4O2/c1-32(2)25(34)20-18(29)8-7-16(23(20)28)17-12-30-24-21(22(17)27)26(13-31-24)10-9-14(11-26)15-5-3-4-6-19(15)33/h3-8,12,14-15H,9-11,13,29H2,1-2H3,(H,30,31)/t14?,15-,26+/m1/s1. The van der Waals surface area contributed by atoms with Crippen molar-refractivity contribution in [3.8, 4) is 11.1 Å². The molecule has 5 rings (SSSR count). The van der Waals surface area contributed by atoms with Crippen LogP contribution in [0.3, 0.4) is 0 Å². The third-order valence-electron chi connectivity index (χ3n) is 7.40. The van der Waals surface area contributed by atoms with Crippen molar-refractivity contribution in [1.29, 1.82) is 0 Å². The van der Waals surface area contributed by atoms with Crippen molar-refractivity contribution in [2.75, 3.05) is 31.7 Å². The third-order valence-corrected chi connectivity index (χ3v) is 7.79. The van der Waals surface area contributed by atoms with Crippen LogP contribution in [0.15, 0.2) is 42.6 Å². The topological polar surface area (TPSA) is 88.3 Å². The summed E-state index contributed by atoms with van der Waals surface area (Å²) in [5.41, 5.74) is 7.04. The summed E-state index contributed by atoms with van der Waals surface area (Å²) >= 11 is 6.96. The Balaban J connectivity index is 1.56. The van der Waals surface area contributed by atoms with Gasteiger partial charge in [0.25, 0.3) is 5.91 Å². The molecule has 3 N–H and O–H groups in total. The molecule has 1 spiro atoms. The molecule has 6 nitrogen and oxygen atoms in total. The van der Waals surface area contributed by atoms with E-state index in [0.717, 1.165) is 24.8 Å². The van der Waals surface area contributed by atoms with E-state index >= 15 is 4.39 Å². The smallest absolute Gasteiger partial charge is 0.258 e.